The first-order valence-corrected chi connectivity index (χ1v) is 19.9. The molecule has 2 saturated heterocycles. The van der Waals surface area contributed by atoms with Crippen molar-refractivity contribution in [3.8, 4) is 23.7 Å². The maximum atomic E-state index is 13.9. The molecule has 2 amide bonds. The number of ether oxygens (including phenoxy) is 3. The zero-order valence-corrected chi connectivity index (χ0v) is 32.6. The number of hydrogen-bond acceptors (Lipinski definition) is 11. The Morgan fingerprint density at radius 2 is 1.86 bits per heavy atom. The third kappa shape index (κ3) is 10.7. The molecule has 1 atom stereocenters. The van der Waals surface area contributed by atoms with Gasteiger partial charge in [-0.3, -0.25) is 14.5 Å². The van der Waals surface area contributed by atoms with E-state index >= 15 is 0 Å². The molecular formula is C41H47F3N6O6S. The molecule has 3 aliphatic rings. The van der Waals surface area contributed by atoms with Crippen LogP contribution in [0.5, 0.6) is 5.75 Å². The van der Waals surface area contributed by atoms with E-state index in [9.17, 15) is 27.6 Å². The molecule has 2 aliphatic heterocycles. The van der Waals surface area contributed by atoms with Crippen molar-refractivity contribution in [2.45, 2.75) is 82.1 Å². The minimum absolute atomic E-state index is 0.00591. The number of nitrogens with one attached hydrogen (secondary N) is 3. The summed E-state index contributed by atoms with van der Waals surface area (Å²) in [7, 11) is 1.15. The first-order valence-electron chi connectivity index (χ1n) is 19.1. The van der Waals surface area contributed by atoms with Crippen LogP contribution in [0.15, 0.2) is 36.4 Å². The summed E-state index contributed by atoms with van der Waals surface area (Å²) in [4.78, 5) is 39.4. The predicted octanol–water partition coefficient (Wildman–Crippen LogP) is 5.74. The van der Waals surface area contributed by atoms with Crippen molar-refractivity contribution in [2.24, 2.45) is 11.1 Å². The van der Waals surface area contributed by atoms with Gasteiger partial charge in [-0.25, -0.2) is 4.79 Å². The van der Waals surface area contributed by atoms with Crippen LogP contribution in [0.2, 0.25) is 0 Å². The number of anilines is 2. The lowest BCUT2D eigenvalue weighted by molar-refractivity contribution is -0.143. The lowest BCUT2D eigenvalue weighted by Gasteiger charge is -2.56. The number of halogens is 3. The summed E-state index contributed by atoms with van der Waals surface area (Å²) in [6.07, 6.45) is 0.658. The van der Waals surface area contributed by atoms with E-state index in [1.54, 1.807) is 12.1 Å². The Labute approximate surface area is 333 Å². The minimum atomic E-state index is -4.44. The number of nitrogens with two attached hydrogens (primary N) is 1. The van der Waals surface area contributed by atoms with Gasteiger partial charge < -0.3 is 35.9 Å². The average molecular weight is 809 g/mol. The zero-order chi connectivity index (χ0) is 40.6. The number of hydrogen-bond donors (Lipinski definition) is 4. The molecule has 1 saturated carbocycles. The summed E-state index contributed by atoms with van der Waals surface area (Å²) in [5, 5.41) is 18.9. The molecular weight excluding hydrogens is 762 g/mol. The van der Waals surface area contributed by atoms with Gasteiger partial charge in [0, 0.05) is 55.8 Å². The first kappa shape index (κ1) is 41.6. The van der Waals surface area contributed by atoms with E-state index < -0.39 is 36.4 Å². The van der Waals surface area contributed by atoms with Crippen molar-refractivity contribution in [3.05, 3.63) is 52.4 Å². The Morgan fingerprint density at radius 3 is 2.54 bits per heavy atom. The fourth-order valence-corrected chi connectivity index (χ4v) is 9.15. The highest BCUT2D eigenvalue weighted by molar-refractivity contribution is 7.20. The summed E-state index contributed by atoms with van der Waals surface area (Å²) in [5.74, 6) is 3.96. The first-order chi connectivity index (χ1) is 27.4. The molecule has 0 bridgehead atoms. The number of thiophene rings is 1. The second-order valence-electron chi connectivity index (χ2n) is 14.9. The fourth-order valence-electron chi connectivity index (χ4n) is 7.98. The number of carbonyl (C=O) groups excluding carboxylic acids is 3. The summed E-state index contributed by atoms with van der Waals surface area (Å²) < 4.78 is 58.3. The second kappa shape index (κ2) is 18.5. The van der Waals surface area contributed by atoms with Crippen LogP contribution in [0.3, 0.4) is 0 Å². The van der Waals surface area contributed by atoms with Crippen molar-refractivity contribution in [1.82, 2.24) is 10.2 Å². The lowest BCUT2D eigenvalue weighted by atomic mass is 9.71. The largest absolute Gasteiger partial charge is 0.477 e. The van der Waals surface area contributed by atoms with Crippen LogP contribution in [0.25, 0.3) is 10.1 Å². The number of fused-ring (bicyclic) bond motifs is 1. The van der Waals surface area contributed by atoms with Crippen molar-refractivity contribution >= 4 is 50.6 Å². The Bertz CT molecular complexity index is 2030. The monoisotopic (exact) mass is 808 g/mol. The third-order valence-corrected chi connectivity index (χ3v) is 12.2. The Hall–Kier alpha value is -5.03. The van der Waals surface area contributed by atoms with Crippen LogP contribution in [-0.2, 0) is 25.5 Å². The van der Waals surface area contributed by atoms with E-state index in [0.717, 1.165) is 82.3 Å². The van der Waals surface area contributed by atoms with E-state index in [-0.39, 0.29) is 48.9 Å². The Balaban J connectivity index is 1.13. The van der Waals surface area contributed by atoms with Gasteiger partial charge in [0.15, 0.2) is 6.61 Å². The lowest BCUT2D eigenvalue weighted by Crippen LogP contribution is -2.62. The smallest absolute Gasteiger partial charge is 0.393 e. The Morgan fingerprint density at radius 1 is 1.11 bits per heavy atom. The number of amides is 2. The van der Waals surface area contributed by atoms with Crippen molar-refractivity contribution in [3.63, 3.8) is 0 Å². The van der Waals surface area contributed by atoms with Crippen LogP contribution in [0.1, 0.15) is 72.2 Å². The minimum Gasteiger partial charge on any atom is -0.477 e. The molecule has 6 rings (SSSR count). The zero-order valence-electron chi connectivity index (χ0n) is 31.8. The van der Waals surface area contributed by atoms with Gasteiger partial charge in [-0.05, 0) is 80.2 Å². The maximum Gasteiger partial charge on any atom is 0.393 e. The SMILES string of the molecule is COC(=O)C(CCC(N)=O)NC(=O)c1ccc(NCC#Cc2sc3c(NC4CCC(N5CC6(CCOCC6)C5)CC4)cccc3c2CC(F)(F)F)c(OCC#N)c1. The van der Waals surface area contributed by atoms with Gasteiger partial charge >= 0.3 is 12.1 Å². The summed E-state index contributed by atoms with van der Waals surface area (Å²) >= 11 is 1.24. The Kier molecular flexibility index (Phi) is 13.5. The highest BCUT2D eigenvalue weighted by Gasteiger charge is 2.46. The molecule has 16 heteroatoms. The predicted molar refractivity (Wildman–Crippen MR) is 210 cm³/mol. The maximum absolute atomic E-state index is 13.9. The topological polar surface area (TPSA) is 168 Å². The molecule has 57 heavy (non-hydrogen) atoms. The van der Waals surface area contributed by atoms with Gasteiger partial charge in [0.25, 0.3) is 5.91 Å². The molecule has 1 unspecified atom stereocenters. The number of likely N-dealkylation sites (tertiary alicyclic amines) is 1. The van der Waals surface area contributed by atoms with Crippen LogP contribution < -0.4 is 26.4 Å². The number of esters is 1. The summed E-state index contributed by atoms with van der Waals surface area (Å²) in [6.45, 7) is 3.68. The van der Waals surface area contributed by atoms with Crippen LogP contribution in [-0.4, -0.2) is 93.6 Å². The highest BCUT2D eigenvalue weighted by atomic mass is 32.1. The number of benzene rings is 2. The number of methoxy groups -OCH3 is 1. The van der Waals surface area contributed by atoms with Crippen molar-refractivity contribution in [2.75, 3.05) is 57.2 Å². The van der Waals surface area contributed by atoms with E-state index in [1.165, 1.54) is 29.5 Å². The molecule has 3 fully saturated rings. The van der Waals surface area contributed by atoms with Gasteiger partial charge in [-0.2, -0.15) is 18.4 Å². The average Bonchev–Trinajstić information content (AvgIpc) is 3.52. The van der Waals surface area contributed by atoms with Gasteiger partial charge in [0.2, 0.25) is 5.91 Å². The van der Waals surface area contributed by atoms with Crippen molar-refractivity contribution < 1.29 is 41.8 Å². The quantitative estimate of drug-likeness (QED) is 0.116. The van der Waals surface area contributed by atoms with Gasteiger partial charge in [-0.15, -0.1) is 11.3 Å². The normalized spacial score (nSPS) is 19.6. The summed E-state index contributed by atoms with van der Waals surface area (Å²) in [5.41, 5.74) is 7.04. The molecule has 1 aromatic heterocycles. The van der Waals surface area contributed by atoms with Gasteiger partial charge in [-0.1, -0.05) is 24.0 Å². The molecule has 1 aliphatic carbocycles. The van der Waals surface area contributed by atoms with Gasteiger partial charge in [0.05, 0.1) is 41.0 Å². The van der Waals surface area contributed by atoms with E-state index in [1.807, 2.05) is 12.1 Å². The van der Waals surface area contributed by atoms with E-state index in [0.29, 0.717) is 27.4 Å². The second-order valence-corrected chi connectivity index (χ2v) is 15.9. The van der Waals surface area contributed by atoms with Gasteiger partial charge in [0.1, 0.15) is 17.9 Å². The molecule has 304 valence electrons. The number of carbonyl (C=O) groups is 3. The molecule has 12 nitrogen and oxygen atoms in total. The van der Waals surface area contributed by atoms with Crippen LogP contribution in [0, 0.1) is 28.6 Å². The van der Waals surface area contributed by atoms with E-state index in [2.05, 4.69) is 32.7 Å². The standard InChI is InChI=1S/C41H47F3N6O6S/c1-54-39(53)33(13-14-36(46)51)49-38(52)26-7-12-31(34(22-26)56-21-17-45)47-18-3-6-35-30(23-41(42,43)44)29-4-2-5-32(37(29)57-35)48-27-8-10-28(11-9-27)50-24-40(25-50)15-19-55-20-16-40/h2,4-5,7,12,22,27-28,33,47-48H,8-11,13-16,18-21,23-25H2,1H3,(H2,46,51)(H,49,52). The van der Waals surface area contributed by atoms with Crippen LogP contribution in [0.4, 0.5) is 24.5 Å². The number of primary amides is 1. The highest BCUT2D eigenvalue weighted by Crippen LogP contribution is 2.44. The summed E-state index contributed by atoms with van der Waals surface area (Å²) in [6, 6.07) is 11.3. The molecule has 1 spiro atoms. The number of nitriles is 1. The van der Waals surface area contributed by atoms with Crippen molar-refractivity contribution in [1.29, 1.82) is 5.26 Å². The van der Waals surface area contributed by atoms with E-state index in [4.69, 9.17) is 25.2 Å². The molecule has 3 aromatic rings. The fraction of sp³-hybridized carbons (Fsp3) is 0.512. The molecule has 0 radical (unpaired) electrons. The molecule has 3 heterocycles. The number of rotatable bonds is 14. The van der Waals surface area contributed by atoms with Crippen LogP contribution >= 0.6 is 11.3 Å². The third-order valence-electron chi connectivity index (χ3n) is 11.0. The molecule has 5 N–H and O–H groups in total. The number of nitrogens with zero attached hydrogens (tertiary/aromatic N) is 2. The molecule has 2 aromatic carbocycles. The number of alkyl halides is 3.